The summed E-state index contributed by atoms with van der Waals surface area (Å²) < 4.78 is 0. The highest BCUT2D eigenvalue weighted by molar-refractivity contribution is 5.86. The molecule has 1 saturated heterocycles. The minimum Gasteiger partial charge on any atom is -0.480 e. The Morgan fingerprint density at radius 3 is 2.60 bits per heavy atom. The average Bonchev–Trinajstić information content (AvgIpc) is 2.81. The van der Waals surface area contributed by atoms with Crippen LogP contribution < -0.4 is 5.73 Å². The third-order valence-corrected chi connectivity index (χ3v) is 3.95. The summed E-state index contributed by atoms with van der Waals surface area (Å²) >= 11 is 0. The maximum absolute atomic E-state index is 12.4. The topological polar surface area (TPSA) is 83.6 Å². The molecule has 1 heterocycles. The molecular formula is C15H20N2O3. The van der Waals surface area contributed by atoms with Gasteiger partial charge in [-0.1, -0.05) is 31.2 Å². The van der Waals surface area contributed by atoms with Gasteiger partial charge >= 0.3 is 5.97 Å². The van der Waals surface area contributed by atoms with Gasteiger partial charge in [0.25, 0.3) is 0 Å². The molecule has 1 amide bonds. The first-order chi connectivity index (χ1) is 9.54. The van der Waals surface area contributed by atoms with E-state index in [2.05, 4.69) is 0 Å². The predicted molar refractivity (Wildman–Crippen MR) is 75.0 cm³/mol. The van der Waals surface area contributed by atoms with Crippen LogP contribution in [-0.4, -0.2) is 34.5 Å². The molecule has 1 aliphatic heterocycles. The van der Waals surface area contributed by atoms with Crippen molar-refractivity contribution in [3.8, 4) is 0 Å². The molecule has 20 heavy (non-hydrogen) atoms. The van der Waals surface area contributed by atoms with Gasteiger partial charge in [-0.25, -0.2) is 4.79 Å². The van der Waals surface area contributed by atoms with E-state index in [1.807, 2.05) is 31.2 Å². The van der Waals surface area contributed by atoms with Gasteiger partial charge in [0.15, 0.2) is 0 Å². The number of hydrogen-bond acceptors (Lipinski definition) is 3. The molecule has 0 aliphatic carbocycles. The van der Waals surface area contributed by atoms with Crippen molar-refractivity contribution < 1.29 is 14.7 Å². The molecule has 1 fully saturated rings. The number of carboxylic acids is 1. The van der Waals surface area contributed by atoms with Gasteiger partial charge in [-0.05, 0) is 23.5 Å². The second-order valence-corrected chi connectivity index (χ2v) is 5.29. The van der Waals surface area contributed by atoms with E-state index in [0.29, 0.717) is 13.1 Å². The van der Waals surface area contributed by atoms with E-state index >= 15 is 0 Å². The first-order valence-electron chi connectivity index (χ1n) is 6.83. The van der Waals surface area contributed by atoms with Crippen LogP contribution in [0, 0.1) is 5.92 Å². The zero-order valence-electron chi connectivity index (χ0n) is 11.6. The van der Waals surface area contributed by atoms with Crippen molar-refractivity contribution in [3.63, 3.8) is 0 Å². The number of carbonyl (C=O) groups is 2. The summed E-state index contributed by atoms with van der Waals surface area (Å²) in [6.45, 7) is 2.77. The zero-order valence-corrected chi connectivity index (χ0v) is 11.6. The highest BCUT2D eigenvalue weighted by atomic mass is 16.4. The van der Waals surface area contributed by atoms with Crippen molar-refractivity contribution in [1.82, 2.24) is 4.90 Å². The number of hydrogen-bond donors (Lipinski definition) is 2. The fourth-order valence-corrected chi connectivity index (χ4v) is 2.80. The van der Waals surface area contributed by atoms with Gasteiger partial charge in [-0.3, -0.25) is 4.79 Å². The van der Waals surface area contributed by atoms with E-state index in [-0.39, 0.29) is 18.2 Å². The molecule has 3 N–H and O–H groups in total. The van der Waals surface area contributed by atoms with Crippen LogP contribution in [0.2, 0.25) is 0 Å². The van der Waals surface area contributed by atoms with Gasteiger partial charge in [-0.15, -0.1) is 0 Å². The molecule has 0 radical (unpaired) electrons. The molecule has 0 aromatic heterocycles. The second kappa shape index (κ2) is 6.05. The van der Waals surface area contributed by atoms with E-state index in [1.165, 1.54) is 4.90 Å². The van der Waals surface area contributed by atoms with Crippen LogP contribution in [-0.2, 0) is 22.6 Å². The number of rotatable bonds is 4. The summed E-state index contributed by atoms with van der Waals surface area (Å²) in [7, 11) is 0. The number of carbonyl (C=O) groups excluding carboxylic acids is 1. The highest BCUT2D eigenvalue weighted by Crippen LogP contribution is 2.25. The number of amides is 1. The summed E-state index contributed by atoms with van der Waals surface area (Å²) in [6, 6.07) is 6.81. The van der Waals surface area contributed by atoms with Crippen molar-refractivity contribution in [2.24, 2.45) is 11.7 Å². The quantitative estimate of drug-likeness (QED) is 0.859. The molecule has 0 saturated carbocycles. The molecule has 0 spiro atoms. The summed E-state index contributed by atoms with van der Waals surface area (Å²) in [5.41, 5.74) is 7.47. The number of carboxylic acid groups (broad SMARTS) is 1. The lowest BCUT2D eigenvalue weighted by Gasteiger charge is -2.23. The maximum atomic E-state index is 12.4. The van der Waals surface area contributed by atoms with Gasteiger partial charge in [0, 0.05) is 13.1 Å². The Labute approximate surface area is 118 Å². The summed E-state index contributed by atoms with van der Waals surface area (Å²) in [5.74, 6) is -1.06. The molecular weight excluding hydrogens is 256 g/mol. The van der Waals surface area contributed by atoms with Crippen molar-refractivity contribution in [1.29, 1.82) is 0 Å². The Morgan fingerprint density at radius 2 is 2.00 bits per heavy atom. The third kappa shape index (κ3) is 2.82. The van der Waals surface area contributed by atoms with Gasteiger partial charge in [0.05, 0.1) is 6.42 Å². The van der Waals surface area contributed by atoms with Gasteiger partial charge in [-0.2, -0.15) is 0 Å². The lowest BCUT2D eigenvalue weighted by molar-refractivity contribution is -0.149. The molecule has 1 aromatic carbocycles. The normalized spacial score (nSPS) is 22.0. The molecule has 1 aliphatic rings. The van der Waals surface area contributed by atoms with Crippen molar-refractivity contribution in [3.05, 3.63) is 35.4 Å². The van der Waals surface area contributed by atoms with Crippen LogP contribution in [0.15, 0.2) is 24.3 Å². The summed E-state index contributed by atoms with van der Waals surface area (Å²) in [5, 5.41) is 9.26. The van der Waals surface area contributed by atoms with Crippen LogP contribution in [0.1, 0.15) is 24.5 Å². The van der Waals surface area contributed by atoms with Gasteiger partial charge < -0.3 is 15.7 Å². The summed E-state index contributed by atoms with van der Waals surface area (Å²) in [6.07, 6.45) is 0.950. The van der Waals surface area contributed by atoms with E-state index < -0.39 is 12.0 Å². The van der Waals surface area contributed by atoms with Crippen LogP contribution in [0.5, 0.6) is 0 Å². The molecule has 2 rings (SSSR count). The van der Waals surface area contributed by atoms with Gasteiger partial charge in [0.2, 0.25) is 5.91 Å². The lowest BCUT2D eigenvalue weighted by Crippen LogP contribution is -2.43. The highest BCUT2D eigenvalue weighted by Gasteiger charge is 2.39. The Kier molecular flexibility index (Phi) is 4.39. The van der Waals surface area contributed by atoms with Crippen LogP contribution in [0.25, 0.3) is 0 Å². The Hall–Kier alpha value is -1.88. The fourth-order valence-electron chi connectivity index (χ4n) is 2.80. The van der Waals surface area contributed by atoms with Crippen LogP contribution in [0.3, 0.4) is 0 Å². The fraction of sp³-hybridized carbons (Fsp3) is 0.467. The largest absolute Gasteiger partial charge is 0.480 e. The average molecular weight is 276 g/mol. The Bertz CT molecular complexity index is 516. The molecule has 0 bridgehead atoms. The molecule has 5 heteroatoms. The number of nitrogens with zero attached hydrogens (tertiary/aromatic N) is 1. The molecule has 5 nitrogen and oxygen atoms in total. The van der Waals surface area contributed by atoms with Crippen LogP contribution in [0.4, 0.5) is 0 Å². The third-order valence-electron chi connectivity index (χ3n) is 3.95. The molecule has 1 aromatic rings. The minimum atomic E-state index is -0.921. The molecule has 108 valence electrons. The summed E-state index contributed by atoms with van der Waals surface area (Å²) in [4.78, 5) is 25.1. The van der Waals surface area contributed by atoms with Crippen molar-refractivity contribution in [2.45, 2.75) is 32.4 Å². The molecule has 2 atom stereocenters. The van der Waals surface area contributed by atoms with E-state index in [4.69, 9.17) is 5.73 Å². The number of nitrogens with two attached hydrogens (primary N) is 1. The standard InChI is InChI=1S/C15H20N2O3/c1-10-6-7-17(14(10)15(19)20)13(18)8-11-4-2-3-5-12(11)9-16/h2-5,10,14H,6-9,16H2,1H3,(H,19,20). The molecule has 2 unspecified atom stereocenters. The lowest BCUT2D eigenvalue weighted by atomic mass is 10.0. The first-order valence-corrected chi connectivity index (χ1v) is 6.83. The monoisotopic (exact) mass is 276 g/mol. The number of benzene rings is 1. The Balaban J connectivity index is 2.14. The van der Waals surface area contributed by atoms with E-state index in [9.17, 15) is 14.7 Å². The first kappa shape index (κ1) is 14.5. The Morgan fingerprint density at radius 1 is 1.35 bits per heavy atom. The van der Waals surface area contributed by atoms with Crippen molar-refractivity contribution in [2.75, 3.05) is 6.54 Å². The maximum Gasteiger partial charge on any atom is 0.326 e. The predicted octanol–water partition coefficient (Wildman–Crippen LogP) is 1.01. The number of likely N-dealkylation sites (tertiary alicyclic amines) is 1. The second-order valence-electron chi connectivity index (χ2n) is 5.29. The van der Waals surface area contributed by atoms with Crippen LogP contribution >= 0.6 is 0 Å². The number of aliphatic carboxylic acids is 1. The van der Waals surface area contributed by atoms with E-state index in [1.54, 1.807) is 0 Å². The minimum absolute atomic E-state index is 0.00111. The zero-order chi connectivity index (χ0) is 14.7. The van der Waals surface area contributed by atoms with E-state index in [0.717, 1.165) is 17.5 Å². The van der Waals surface area contributed by atoms with Crippen molar-refractivity contribution >= 4 is 11.9 Å². The van der Waals surface area contributed by atoms with Gasteiger partial charge in [0.1, 0.15) is 6.04 Å². The smallest absolute Gasteiger partial charge is 0.326 e. The SMILES string of the molecule is CC1CCN(C(=O)Cc2ccccc2CN)C1C(=O)O.